The summed E-state index contributed by atoms with van der Waals surface area (Å²) in [5, 5.41) is 2.95. The maximum atomic E-state index is 12.4. The van der Waals surface area contributed by atoms with Crippen LogP contribution in [0.2, 0.25) is 0 Å². The molecular weight excluding hydrogens is 300 g/mol. The highest BCUT2D eigenvalue weighted by Crippen LogP contribution is 2.21. The third-order valence-electron chi connectivity index (χ3n) is 4.62. The van der Waals surface area contributed by atoms with E-state index in [2.05, 4.69) is 30.4 Å². The summed E-state index contributed by atoms with van der Waals surface area (Å²) in [6.07, 6.45) is 0.882. The van der Waals surface area contributed by atoms with Crippen LogP contribution >= 0.6 is 0 Å². The van der Waals surface area contributed by atoms with E-state index < -0.39 is 0 Å². The van der Waals surface area contributed by atoms with Crippen molar-refractivity contribution in [3.63, 3.8) is 0 Å². The first-order valence-corrected chi connectivity index (χ1v) is 8.30. The molecule has 0 saturated heterocycles. The Hall–Kier alpha value is -2.33. The topological polar surface area (TPSA) is 41.6 Å². The molecule has 1 aliphatic heterocycles. The molecule has 1 heterocycles. The van der Waals surface area contributed by atoms with E-state index in [0.717, 1.165) is 12.1 Å². The van der Waals surface area contributed by atoms with Crippen molar-refractivity contribution in [3.05, 3.63) is 64.7 Å². The van der Waals surface area contributed by atoms with Crippen LogP contribution in [0.5, 0.6) is 0 Å². The number of amides is 2. The molecule has 2 amide bonds. The van der Waals surface area contributed by atoms with E-state index in [4.69, 9.17) is 4.74 Å². The number of urea groups is 1. The van der Waals surface area contributed by atoms with Crippen LogP contribution in [-0.2, 0) is 17.8 Å². The molecule has 24 heavy (non-hydrogen) atoms. The summed E-state index contributed by atoms with van der Waals surface area (Å²) in [4.78, 5) is 14.1. The standard InChI is InChI=1S/C20H24N2O2/c1-14-8-9-18(10-15(14)2)21-20(23)22(3)12-19-11-16-6-4-5-7-17(16)13-24-19/h4-10,19H,11-13H2,1-3H3,(H,21,23). The number of carbonyl (C=O) groups is 1. The molecule has 0 fully saturated rings. The first-order valence-electron chi connectivity index (χ1n) is 8.30. The van der Waals surface area contributed by atoms with Gasteiger partial charge in [0.25, 0.3) is 0 Å². The van der Waals surface area contributed by atoms with Crippen molar-refractivity contribution in [1.82, 2.24) is 4.90 Å². The van der Waals surface area contributed by atoms with Gasteiger partial charge in [-0.1, -0.05) is 30.3 Å². The Morgan fingerprint density at radius 1 is 1.17 bits per heavy atom. The molecule has 4 heteroatoms. The third-order valence-corrected chi connectivity index (χ3v) is 4.62. The first kappa shape index (κ1) is 16.5. The van der Waals surface area contributed by atoms with Crippen molar-refractivity contribution in [2.45, 2.75) is 33.0 Å². The number of hydrogen-bond donors (Lipinski definition) is 1. The van der Waals surface area contributed by atoms with Crippen LogP contribution in [0.1, 0.15) is 22.3 Å². The van der Waals surface area contributed by atoms with Gasteiger partial charge in [-0.25, -0.2) is 4.79 Å². The van der Waals surface area contributed by atoms with Crippen molar-refractivity contribution >= 4 is 11.7 Å². The summed E-state index contributed by atoms with van der Waals surface area (Å²) < 4.78 is 5.89. The summed E-state index contributed by atoms with van der Waals surface area (Å²) in [6, 6.07) is 14.2. The Morgan fingerprint density at radius 3 is 2.67 bits per heavy atom. The second kappa shape index (κ2) is 7.05. The minimum Gasteiger partial charge on any atom is -0.371 e. The number of nitrogens with zero attached hydrogens (tertiary/aromatic N) is 1. The molecule has 1 unspecified atom stereocenters. The summed E-state index contributed by atoms with van der Waals surface area (Å²) in [6.45, 7) is 5.30. The van der Waals surface area contributed by atoms with Gasteiger partial charge in [0, 0.05) is 25.7 Å². The minimum absolute atomic E-state index is 0.0374. The lowest BCUT2D eigenvalue weighted by Gasteiger charge is -2.29. The molecule has 0 aliphatic carbocycles. The van der Waals surface area contributed by atoms with Crippen LogP contribution in [0.4, 0.5) is 10.5 Å². The lowest BCUT2D eigenvalue weighted by atomic mass is 9.99. The van der Waals surface area contributed by atoms with E-state index in [1.807, 2.05) is 31.2 Å². The smallest absolute Gasteiger partial charge is 0.321 e. The summed E-state index contributed by atoms with van der Waals surface area (Å²) in [7, 11) is 1.81. The Kier molecular flexibility index (Phi) is 4.86. The third kappa shape index (κ3) is 3.77. The van der Waals surface area contributed by atoms with Gasteiger partial charge in [0.15, 0.2) is 0 Å². The quantitative estimate of drug-likeness (QED) is 0.930. The van der Waals surface area contributed by atoms with Gasteiger partial charge >= 0.3 is 6.03 Å². The maximum Gasteiger partial charge on any atom is 0.321 e. The fourth-order valence-electron chi connectivity index (χ4n) is 2.95. The molecular formula is C20H24N2O2. The number of likely N-dealkylation sites (N-methyl/N-ethyl adjacent to an activating group) is 1. The summed E-state index contributed by atoms with van der Waals surface area (Å²) in [5.74, 6) is 0. The van der Waals surface area contributed by atoms with Gasteiger partial charge in [-0.15, -0.1) is 0 Å². The summed E-state index contributed by atoms with van der Waals surface area (Å²) >= 11 is 0. The second-order valence-corrected chi connectivity index (χ2v) is 6.52. The van der Waals surface area contributed by atoms with Gasteiger partial charge in [0.2, 0.25) is 0 Å². The van der Waals surface area contributed by atoms with E-state index >= 15 is 0 Å². The van der Waals surface area contributed by atoms with Crippen LogP contribution in [0.3, 0.4) is 0 Å². The first-order chi connectivity index (χ1) is 11.5. The van der Waals surface area contributed by atoms with Crippen LogP contribution < -0.4 is 5.32 Å². The highest BCUT2D eigenvalue weighted by atomic mass is 16.5. The van der Waals surface area contributed by atoms with Crippen LogP contribution in [0, 0.1) is 13.8 Å². The van der Waals surface area contributed by atoms with Crippen molar-refractivity contribution in [2.75, 3.05) is 18.9 Å². The van der Waals surface area contributed by atoms with Gasteiger partial charge < -0.3 is 15.0 Å². The molecule has 1 N–H and O–H groups in total. The lowest BCUT2D eigenvalue weighted by molar-refractivity contribution is 0.0159. The SMILES string of the molecule is Cc1ccc(NC(=O)N(C)CC2Cc3ccccc3CO2)cc1C. The van der Waals surface area contributed by atoms with Crippen LogP contribution in [-0.4, -0.2) is 30.6 Å². The number of nitrogens with one attached hydrogen (secondary N) is 1. The molecule has 1 atom stereocenters. The van der Waals surface area contributed by atoms with E-state index in [1.54, 1.807) is 11.9 Å². The Morgan fingerprint density at radius 2 is 1.92 bits per heavy atom. The van der Waals surface area contributed by atoms with Crippen molar-refractivity contribution in [2.24, 2.45) is 0 Å². The van der Waals surface area contributed by atoms with Crippen LogP contribution in [0.15, 0.2) is 42.5 Å². The van der Waals surface area contributed by atoms with Gasteiger partial charge in [-0.3, -0.25) is 0 Å². The number of aryl methyl sites for hydroxylation is 2. The fraction of sp³-hybridized carbons (Fsp3) is 0.350. The number of hydrogen-bond acceptors (Lipinski definition) is 2. The van der Waals surface area contributed by atoms with E-state index in [1.165, 1.54) is 22.3 Å². The van der Waals surface area contributed by atoms with Crippen molar-refractivity contribution in [1.29, 1.82) is 0 Å². The molecule has 3 rings (SSSR count). The molecule has 0 radical (unpaired) electrons. The molecule has 4 nitrogen and oxygen atoms in total. The zero-order valence-corrected chi connectivity index (χ0v) is 14.5. The van der Waals surface area contributed by atoms with Gasteiger partial charge in [-0.05, 0) is 48.2 Å². The van der Waals surface area contributed by atoms with E-state index in [-0.39, 0.29) is 12.1 Å². The molecule has 1 aliphatic rings. The highest BCUT2D eigenvalue weighted by Gasteiger charge is 2.22. The Balaban J connectivity index is 1.57. The molecule has 0 bridgehead atoms. The van der Waals surface area contributed by atoms with Gasteiger partial charge in [0.1, 0.15) is 0 Å². The minimum atomic E-state index is -0.110. The highest BCUT2D eigenvalue weighted by molar-refractivity contribution is 5.89. The number of anilines is 1. The molecule has 0 saturated carbocycles. The molecule has 2 aromatic carbocycles. The van der Waals surface area contributed by atoms with E-state index in [0.29, 0.717) is 13.2 Å². The number of benzene rings is 2. The zero-order chi connectivity index (χ0) is 17.1. The Bertz CT molecular complexity index is 742. The average molecular weight is 324 g/mol. The van der Waals surface area contributed by atoms with E-state index in [9.17, 15) is 4.79 Å². The predicted molar refractivity (Wildman–Crippen MR) is 96.3 cm³/mol. The summed E-state index contributed by atoms with van der Waals surface area (Å²) in [5.41, 5.74) is 5.77. The number of ether oxygens (including phenoxy) is 1. The number of rotatable bonds is 3. The average Bonchev–Trinajstić information content (AvgIpc) is 2.58. The normalized spacial score (nSPS) is 16.4. The number of carbonyl (C=O) groups excluding carboxylic acids is 1. The second-order valence-electron chi connectivity index (χ2n) is 6.52. The Labute approximate surface area is 143 Å². The number of fused-ring (bicyclic) bond motifs is 1. The van der Waals surface area contributed by atoms with Crippen molar-refractivity contribution in [3.8, 4) is 0 Å². The van der Waals surface area contributed by atoms with Crippen molar-refractivity contribution < 1.29 is 9.53 Å². The lowest BCUT2D eigenvalue weighted by Crippen LogP contribution is -2.40. The largest absolute Gasteiger partial charge is 0.371 e. The van der Waals surface area contributed by atoms with Crippen LogP contribution in [0.25, 0.3) is 0 Å². The zero-order valence-electron chi connectivity index (χ0n) is 14.5. The molecule has 0 aromatic heterocycles. The predicted octanol–water partition coefficient (Wildman–Crippen LogP) is 3.91. The van der Waals surface area contributed by atoms with Gasteiger partial charge in [-0.2, -0.15) is 0 Å². The molecule has 0 spiro atoms. The maximum absolute atomic E-state index is 12.4. The molecule has 2 aromatic rings. The monoisotopic (exact) mass is 324 g/mol. The van der Waals surface area contributed by atoms with Gasteiger partial charge in [0.05, 0.1) is 12.7 Å². The molecule has 126 valence electrons. The fourth-order valence-corrected chi connectivity index (χ4v) is 2.95.